The minimum Gasteiger partial charge on any atom is -0.360 e. The van der Waals surface area contributed by atoms with Gasteiger partial charge in [0.05, 0.1) is 15.7 Å². The summed E-state index contributed by atoms with van der Waals surface area (Å²) in [6, 6.07) is 16.6. The molecule has 0 atom stereocenters. The van der Waals surface area contributed by atoms with Crippen LogP contribution in [-0.2, 0) is 0 Å². The molecule has 0 aliphatic carbocycles. The number of nitrogens with one attached hydrogen (secondary N) is 1. The predicted molar refractivity (Wildman–Crippen MR) is 95.8 cm³/mol. The normalized spacial score (nSPS) is 10.7. The van der Waals surface area contributed by atoms with Gasteiger partial charge in [-0.25, -0.2) is 0 Å². The maximum absolute atomic E-state index is 9.43. The van der Waals surface area contributed by atoms with Crippen molar-refractivity contribution in [3.05, 3.63) is 76.1 Å². The highest BCUT2D eigenvalue weighted by molar-refractivity contribution is 6.33. The SMILES string of the molecule is N#Cc1c(-c2ccccc2Cl)noc1C=CNc1ccccc1Cl. The lowest BCUT2D eigenvalue weighted by molar-refractivity contribution is 0.415. The molecule has 0 bridgehead atoms. The van der Waals surface area contributed by atoms with Crippen molar-refractivity contribution in [2.75, 3.05) is 5.32 Å². The topological polar surface area (TPSA) is 61.9 Å². The van der Waals surface area contributed by atoms with Gasteiger partial charge in [0.1, 0.15) is 17.3 Å². The van der Waals surface area contributed by atoms with E-state index in [1.165, 1.54) is 0 Å². The van der Waals surface area contributed by atoms with Gasteiger partial charge in [0.25, 0.3) is 0 Å². The maximum atomic E-state index is 9.43. The molecule has 3 aromatic rings. The molecule has 0 aliphatic rings. The van der Waals surface area contributed by atoms with Gasteiger partial charge in [0, 0.05) is 17.8 Å². The second-order valence-corrected chi connectivity index (χ2v) is 5.63. The molecule has 1 aromatic heterocycles. The molecule has 3 rings (SSSR count). The largest absolute Gasteiger partial charge is 0.360 e. The van der Waals surface area contributed by atoms with Gasteiger partial charge >= 0.3 is 0 Å². The molecule has 118 valence electrons. The van der Waals surface area contributed by atoms with Crippen LogP contribution in [0.15, 0.2) is 59.3 Å². The van der Waals surface area contributed by atoms with E-state index in [0.29, 0.717) is 32.6 Å². The third kappa shape index (κ3) is 3.28. The maximum Gasteiger partial charge on any atom is 0.179 e. The summed E-state index contributed by atoms with van der Waals surface area (Å²) in [5.41, 5.74) is 2.14. The Bertz CT molecular complexity index is 941. The van der Waals surface area contributed by atoms with Crippen LogP contribution in [0.25, 0.3) is 17.3 Å². The van der Waals surface area contributed by atoms with Crippen molar-refractivity contribution in [3.8, 4) is 17.3 Å². The number of nitrogens with zero attached hydrogens (tertiary/aromatic N) is 2. The van der Waals surface area contributed by atoms with Crippen LogP contribution in [0.3, 0.4) is 0 Å². The molecule has 0 unspecified atom stereocenters. The third-order valence-corrected chi connectivity index (χ3v) is 3.97. The van der Waals surface area contributed by atoms with Crippen molar-refractivity contribution in [1.29, 1.82) is 5.26 Å². The van der Waals surface area contributed by atoms with Gasteiger partial charge in [-0.2, -0.15) is 5.26 Å². The number of benzene rings is 2. The molecule has 4 nitrogen and oxygen atoms in total. The molecule has 1 heterocycles. The average molecular weight is 356 g/mol. The fraction of sp³-hybridized carbons (Fsp3) is 0. The van der Waals surface area contributed by atoms with E-state index < -0.39 is 0 Å². The van der Waals surface area contributed by atoms with Gasteiger partial charge in [0.15, 0.2) is 5.76 Å². The summed E-state index contributed by atoms with van der Waals surface area (Å²) < 4.78 is 5.27. The Kier molecular flexibility index (Phi) is 4.85. The van der Waals surface area contributed by atoms with Crippen LogP contribution in [0.4, 0.5) is 5.69 Å². The number of hydrogen-bond acceptors (Lipinski definition) is 4. The second-order valence-electron chi connectivity index (χ2n) is 4.82. The molecule has 2 aromatic carbocycles. The monoisotopic (exact) mass is 355 g/mol. The molecule has 0 spiro atoms. The zero-order valence-corrected chi connectivity index (χ0v) is 13.8. The molecule has 0 saturated carbocycles. The van der Waals surface area contributed by atoms with Gasteiger partial charge in [-0.3, -0.25) is 0 Å². The lowest BCUT2D eigenvalue weighted by atomic mass is 10.1. The van der Waals surface area contributed by atoms with Crippen LogP contribution in [-0.4, -0.2) is 5.16 Å². The second kappa shape index (κ2) is 7.22. The Balaban J connectivity index is 1.88. The lowest BCUT2D eigenvalue weighted by Crippen LogP contribution is -1.88. The summed E-state index contributed by atoms with van der Waals surface area (Å²) in [5, 5.41) is 17.5. The van der Waals surface area contributed by atoms with Gasteiger partial charge in [-0.1, -0.05) is 58.7 Å². The number of hydrogen-bond donors (Lipinski definition) is 1. The molecule has 1 N–H and O–H groups in total. The number of halogens is 2. The van der Waals surface area contributed by atoms with Crippen LogP contribution < -0.4 is 5.32 Å². The number of anilines is 1. The van der Waals surface area contributed by atoms with Crippen molar-refractivity contribution < 1.29 is 4.52 Å². The molecule has 0 aliphatic heterocycles. The van der Waals surface area contributed by atoms with E-state index in [9.17, 15) is 5.26 Å². The standard InChI is InChI=1S/C18H11Cl2N3O/c19-14-6-2-1-5-12(14)18-13(11-21)17(24-23-18)9-10-22-16-8-4-3-7-15(16)20/h1-10,22H. The van der Waals surface area contributed by atoms with Crippen LogP contribution in [0.5, 0.6) is 0 Å². The number of para-hydroxylation sites is 1. The first-order valence-corrected chi connectivity index (χ1v) is 7.78. The van der Waals surface area contributed by atoms with E-state index in [2.05, 4.69) is 16.5 Å². The van der Waals surface area contributed by atoms with E-state index >= 15 is 0 Å². The number of nitriles is 1. The fourth-order valence-corrected chi connectivity index (χ4v) is 2.56. The van der Waals surface area contributed by atoms with E-state index in [-0.39, 0.29) is 0 Å². The lowest BCUT2D eigenvalue weighted by Gasteiger charge is -2.01. The van der Waals surface area contributed by atoms with Crippen LogP contribution in [0, 0.1) is 11.3 Å². The first-order valence-electron chi connectivity index (χ1n) is 7.03. The highest BCUT2D eigenvalue weighted by Gasteiger charge is 2.17. The predicted octanol–water partition coefficient (Wildman–Crippen LogP) is 5.60. The zero-order chi connectivity index (χ0) is 16.9. The van der Waals surface area contributed by atoms with Crippen molar-refractivity contribution in [1.82, 2.24) is 5.16 Å². The smallest absolute Gasteiger partial charge is 0.179 e. The number of rotatable bonds is 4. The van der Waals surface area contributed by atoms with Crippen molar-refractivity contribution >= 4 is 35.0 Å². The zero-order valence-electron chi connectivity index (χ0n) is 12.3. The van der Waals surface area contributed by atoms with Gasteiger partial charge in [0.2, 0.25) is 0 Å². The minimum atomic E-state index is 0.320. The Morgan fingerprint density at radius 3 is 2.46 bits per heavy atom. The summed E-state index contributed by atoms with van der Waals surface area (Å²) in [4.78, 5) is 0. The van der Waals surface area contributed by atoms with Gasteiger partial charge in [-0.15, -0.1) is 0 Å². The Morgan fingerprint density at radius 1 is 1.04 bits per heavy atom. The first kappa shape index (κ1) is 16.1. The summed E-state index contributed by atoms with van der Waals surface area (Å²) in [6.45, 7) is 0. The summed E-state index contributed by atoms with van der Waals surface area (Å²) >= 11 is 12.2. The molecule has 0 fully saturated rings. The summed E-state index contributed by atoms with van der Waals surface area (Å²) in [6.07, 6.45) is 3.26. The Hall–Kier alpha value is -2.74. The molecular formula is C18H11Cl2N3O. The van der Waals surface area contributed by atoms with Crippen molar-refractivity contribution in [2.24, 2.45) is 0 Å². The van der Waals surface area contributed by atoms with E-state index in [4.69, 9.17) is 27.7 Å². The van der Waals surface area contributed by atoms with E-state index in [1.54, 1.807) is 30.5 Å². The molecule has 24 heavy (non-hydrogen) atoms. The highest BCUT2D eigenvalue weighted by atomic mass is 35.5. The third-order valence-electron chi connectivity index (χ3n) is 3.31. The fourth-order valence-electron chi connectivity index (χ4n) is 2.15. The quantitative estimate of drug-likeness (QED) is 0.661. The van der Waals surface area contributed by atoms with Gasteiger partial charge in [-0.05, 0) is 18.2 Å². The van der Waals surface area contributed by atoms with Crippen molar-refractivity contribution in [2.45, 2.75) is 0 Å². The Morgan fingerprint density at radius 2 is 1.75 bits per heavy atom. The minimum absolute atomic E-state index is 0.320. The number of aromatic nitrogens is 1. The van der Waals surface area contributed by atoms with Gasteiger partial charge < -0.3 is 9.84 Å². The molecule has 6 heteroatoms. The first-order chi connectivity index (χ1) is 11.7. The molecule has 0 saturated heterocycles. The summed E-state index contributed by atoms with van der Waals surface area (Å²) in [5.74, 6) is 0.340. The average Bonchev–Trinajstić information content (AvgIpc) is 3.00. The van der Waals surface area contributed by atoms with E-state index in [0.717, 1.165) is 5.69 Å². The van der Waals surface area contributed by atoms with Crippen LogP contribution in [0.2, 0.25) is 10.0 Å². The molecule has 0 amide bonds. The molecular weight excluding hydrogens is 345 g/mol. The highest BCUT2D eigenvalue weighted by Crippen LogP contribution is 2.31. The summed E-state index contributed by atoms with van der Waals surface area (Å²) in [7, 11) is 0. The van der Waals surface area contributed by atoms with Crippen molar-refractivity contribution in [3.63, 3.8) is 0 Å². The molecule has 0 radical (unpaired) electrons. The van der Waals surface area contributed by atoms with Crippen LogP contribution >= 0.6 is 23.2 Å². The van der Waals surface area contributed by atoms with E-state index in [1.807, 2.05) is 30.3 Å². The Labute approximate surface area is 148 Å². The van der Waals surface area contributed by atoms with Crippen LogP contribution in [0.1, 0.15) is 11.3 Å².